The van der Waals surface area contributed by atoms with Crippen LogP contribution in [0.3, 0.4) is 0 Å². The summed E-state index contributed by atoms with van der Waals surface area (Å²) < 4.78 is 5.11. The molecule has 0 aliphatic rings. The maximum atomic E-state index is 12.2. The van der Waals surface area contributed by atoms with E-state index in [-0.39, 0.29) is 23.1 Å². The number of benzene rings is 2. The zero-order valence-electron chi connectivity index (χ0n) is 15.8. The lowest BCUT2D eigenvalue weighted by Crippen LogP contribution is -2.14. The van der Waals surface area contributed by atoms with E-state index in [0.29, 0.717) is 16.7 Å². The first kappa shape index (κ1) is 20.3. The van der Waals surface area contributed by atoms with Gasteiger partial charge in [-0.1, -0.05) is 43.0 Å². The molecule has 0 saturated carbocycles. The number of hydrogen-bond acceptors (Lipinski definition) is 7. The van der Waals surface area contributed by atoms with Crippen LogP contribution in [0.15, 0.2) is 47.6 Å². The van der Waals surface area contributed by atoms with Crippen molar-refractivity contribution in [2.45, 2.75) is 18.5 Å². The topological polar surface area (TPSA) is 123 Å². The monoisotopic (exact) mass is 413 g/mol. The standard InChI is InChI=1S/C19H19N5O4S/c1-3-12-4-6-13(7-5-12)18-21-19(23-22-18)29-11-17(25)20-15-9-8-14(24(26)27)10-16(15)28-2/h4-10H,3,11H2,1-2H3,(H,20,25)(H,21,22,23). The number of anilines is 1. The minimum atomic E-state index is -0.527. The van der Waals surface area contributed by atoms with Crippen LogP contribution in [0.4, 0.5) is 11.4 Å². The van der Waals surface area contributed by atoms with E-state index >= 15 is 0 Å². The molecule has 150 valence electrons. The van der Waals surface area contributed by atoms with Crippen LogP contribution >= 0.6 is 11.8 Å². The molecule has 2 N–H and O–H groups in total. The molecule has 0 atom stereocenters. The molecule has 1 aromatic heterocycles. The third kappa shape index (κ3) is 5.11. The molecule has 0 radical (unpaired) electrons. The van der Waals surface area contributed by atoms with Crippen LogP contribution in [0.1, 0.15) is 12.5 Å². The molecule has 0 fully saturated rings. The number of nitrogens with one attached hydrogen (secondary N) is 2. The van der Waals surface area contributed by atoms with Gasteiger partial charge in [-0.3, -0.25) is 20.0 Å². The molecule has 0 spiro atoms. The molecule has 0 bridgehead atoms. The highest BCUT2D eigenvalue weighted by Crippen LogP contribution is 2.29. The van der Waals surface area contributed by atoms with Gasteiger partial charge < -0.3 is 10.1 Å². The average Bonchev–Trinajstić information content (AvgIpc) is 3.21. The van der Waals surface area contributed by atoms with Crippen LogP contribution in [0.5, 0.6) is 5.75 Å². The van der Waals surface area contributed by atoms with Gasteiger partial charge in [0.15, 0.2) is 5.82 Å². The lowest BCUT2D eigenvalue weighted by atomic mass is 10.1. The summed E-state index contributed by atoms with van der Waals surface area (Å²) >= 11 is 1.18. The predicted molar refractivity (Wildman–Crippen MR) is 110 cm³/mol. The van der Waals surface area contributed by atoms with E-state index in [1.165, 1.54) is 42.6 Å². The number of carbonyl (C=O) groups excluding carboxylic acids is 1. The van der Waals surface area contributed by atoms with Gasteiger partial charge in [0, 0.05) is 11.6 Å². The number of nitro benzene ring substituents is 1. The number of H-pyrrole nitrogens is 1. The number of ether oxygens (including phenoxy) is 1. The summed E-state index contributed by atoms with van der Waals surface area (Å²) in [6.07, 6.45) is 0.965. The number of rotatable bonds is 8. The number of amides is 1. The number of methoxy groups -OCH3 is 1. The highest BCUT2D eigenvalue weighted by Gasteiger charge is 2.14. The van der Waals surface area contributed by atoms with Crippen molar-refractivity contribution in [2.24, 2.45) is 0 Å². The molecule has 29 heavy (non-hydrogen) atoms. The summed E-state index contributed by atoms with van der Waals surface area (Å²) in [6, 6.07) is 12.0. The number of aryl methyl sites for hydroxylation is 1. The maximum absolute atomic E-state index is 12.2. The van der Waals surface area contributed by atoms with Gasteiger partial charge in [0.2, 0.25) is 11.1 Å². The van der Waals surface area contributed by atoms with Crippen LogP contribution < -0.4 is 10.1 Å². The Morgan fingerprint density at radius 3 is 2.69 bits per heavy atom. The number of carbonyl (C=O) groups is 1. The molecule has 9 nitrogen and oxygen atoms in total. The number of aromatic amines is 1. The Morgan fingerprint density at radius 1 is 1.28 bits per heavy atom. The molecule has 3 aromatic rings. The maximum Gasteiger partial charge on any atom is 0.273 e. The molecule has 3 rings (SSSR count). The Hall–Kier alpha value is -3.40. The number of nitrogens with zero attached hydrogens (tertiary/aromatic N) is 3. The van der Waals surface area contributed by atoms with Crippen molar-refractivity contribution in [3.05, 3.63) is 58.1 Å². The van der Waals surface area contributed by atoms with Gasteiger partial charge in [0.25, 0.3) is 5.69 Å². The minimum Gasteiger partial charge on any atom is -0.494 e. The second-order valence-corrected chi connectivity index (χ2v) is 6.94. The highest BCUT2D eigenvalue weighted by atomic mass is 32.2. The summed E-state index contributed by atoms with van der Waals surface area (Å²) in [5.41, 5.74) is 2.40. The SMILES string of the molecule is CCc1ccc(-c2nc(SCC(=O)Nc3ccc([N+](=O)[O-])cc3OC)n[nH]2)cc1. The third-order valence-corrected chi connectivity index (χ3v) is 4.95. The summed E-state index contributed by atoms with van der Waals surface area (Å²) in [5, 5.41) is 21.0. The fourth-order valence-electron chi connectivity index (χ4n) is 2.55. The van der Waals surface area contributed by atoms with E-state index in [1.807, 2.05) is 24.3 Å². The van der Waals surface area contributed by atoms with Crippen LogP contribution in [-0.4, -0.2) is 38.9 Å². The van der Waals surface area contributed by atoms with Gasteiger partial charge in [-0.05, 0) is 18.1 Å². The Kier molecular flexibility index (Phi) is 6.45. The van der Waals surface area contributed by atoms with Crippen LogP contribution in [-0.2, 0) is 11.2 Å². The molecule has 1 heterocycles. The predicted octanol–water partition coefficient (Wildman–Crippen LogP) is 3.68. The Bertz CT molecular complexity index is 1020. The number of non-ortho nitro benzene ring substituents is 1. The number of hydrogen-bond donors (Lipinski definition) is 2. The van der Waals surface area contributed by atoms with Crippen molar-refractivity contribution in [3.63, 3.8) is 0 Å². The summed E-state index contributed by atoms with van der Waals surface area (Å²) in [5.74, 6) is 0.619. The Morgan fingerprint density at radius 2 is 2.03 bits per heavy atom. The van der Waals surface area contributed by atoms with Gasteiger partial charge in [-0.2, -0.15) is 0 Å². The molecule has 10 heteroatoms. The second-order valence-electron chi connectivity index (χ2n) is 6.00. The van der Waals surface area contributed by atoms with Crippen molar-refractivity contribution >= 4 is 29.0 Å². The number of aromatic nitrogens is 3. The van der Waals surface area contributed by atoms with Crippen LogP contribution in [0, 0.1) is 10.1 Å². The first-order chi connectivity index (χ1) is 14.0. The second kappa shape index (κ2) is 9.20. The van der Waals surface area contributed by atoms with Crippen LogP contribution in [0.25, 0.3) is 11.4 Å². The zero-order chi connectivity index (χ0) is 20.8. The molecule has 0 unspecified atom stereocenters. The molecule has 2 aromatic carbocycles. The Balaban J connectivity index is 1.60. The van der Waals surface area contributed by atoms with E-state index in [9.17, 15) is 14.9 Å². The van der Waals surface area contributed by atoms with Crippen molar-refractivity contribution in [1.29, 1.82) is 0 Å². The molecular weight excluding hydrogens is 394 g/mol. The Labute approximate surface area is 171 Å². The van der Waals surface area contributed by atoms with E-state index < -0.39 is 4.92 Å². The number of nitro groups is 1. The molecule has 0 aliphatic carbocycles. The van der Waals surface area contributed by atoms with E-state index in [1.54, 1.807) is 0 Å². The van der Waals surface area contributed by atoms with Gasteiger partial charge >= 0.3 is 0 Å². The lowest BCUT2D eigenvalue weighted by Gasteiger charge is -2.09. The van der Waals surface area contributed by atoms with Crippen LogP contribution in [0.2, 0.25) is 0 Å². The normalized spacial score (nSPS) is 10.6. The smallest absolute Gasteiger partial charge is 0.273 e. The lowest BCUT2D eigenvalue weighted by molar-refractivity contribution is -0.384. The van der Waals surface area contributed by atoms with Gasteiger partial charge in [0.1, 0.15) is 5.75 Å². The first-order valence-electron chi connectivity index (χ1n) is 8.77. The molecular formula is C19H19N5O4S. The van der Waals surface area contributed by atoms with E-state index in [0.717, 1.165) is 12.0 Å². The highest BCUT2D eigenvalue weighted by molar-refractivity contribution is 7.99. The quantitative estimate of drug-likeness (QED) is 0.328. The largest absolute Gasteiger partial charge is 0.494 e. The van der Waals surface area contributed by atoms with Crippen molar-refractivity contribution in [1.82, 2.24) is 15.2 Å². The van der Waals surface area contributed by atoms with E-state index in [2.05, 4.69) is 27.4 Å². The molecule has 0 aliphatic heterocycles. The van der Waals surface area contributed by atoms with Crippen molar-refractivity contribution < 1.29 is 14.5 Å². The molecule has 0 saturated heterocycles. The minimum absolute atomic E-state index is 0.0756. The zero-order valence-corrected chi connectivity index (χ0v) is 16.7. The van der Waals surface area contributed by atoms with Crippen molar-refractivity contribution in [2.75, 3.05) is 18.2 Å². The average molecular weight is 413 g/mol. The van der Waals surface area contributed by atoms with Gasteiger partial charge in [-0.15, -0.1) is 5.10 Å². The summed E-state index contributed by atoms with van der Waals surface area (Å²) in [7, 11) is 1.38. The van der Waals surface area contributed by atoms with E-state index in [4.69, 9.17) is 4.74 Å². The van der Waals surface area contributed by atoms with Crippen molar-refractivity contribution in [3.8, 4) is 17.1 Å². The summed E-state index contributed by atoms with van der Waals surface area (Å²) in [6.45, 7) is 2.09. The summed E-state index contributed by atoms with van der Waals surface area (Å²) in [4.78, 5) is 26.9. The van der Waals surface area contributed by atoms with Gasteiger partial charge in [-0.25, -0.2) is 4.98 Å². The number of thioether (sulfide) groups is 1. The fourth-order valence-corrected chi connectivity index (χ4v) is 3.15. The third-order valence-electron chi connectivity index (χ3n) is 4.10. The van der Waals surface area contributed by atoms with Gasteiger partial charge in [0.05, 0.1) is 29.5 Å². The molecule has 1 amide bonds. The first-order valence-corrected chi connectivity index (χ1v) is 9.75. The fraction of sp³-hybridized carbons (Fsp3) is 0.211.